The maximum absolute atomic E-state index is 12.4. The van der Waals surface area contributed by atoms with Crippen LogP contribution in [0.25, 0.3) is 0 Å². The van der Waals surface area contributed by atoms with E-state index in [9.17, 15) is 4.79 Å². The van der Waals surface area contributed by atoms with E-state index >= 15 is 0 Å². The number of amides is 1. The molecular formula is C15H26N4O. The van der Waals surface area contributed by atoms with Crippen molar-refractivity contribution >= 4 is 5.91 Å². The second kappa shape index (κ2) is 6.88. The Morgan fingerprint density at radius 1 is 1.50 bits per heavy atom. The SMILES string of the molecule is CC(C)CC(CN)C(=O)NC1CCCC1n1ccnc1. The van der Waals surface area contributed by atoms with Crippen LogP contribution in [0.3, 0.4) is 0 Å². The molecule has 1 amide bonds. The van der Waals surface area contributed by atoms with Crippen LogP contribution in [0.4, 0.5) is 0 Å². The van der Waals surface area contributed by atoms with Gasteiger partial charge in [-0.1, -0.05) is 13.8 Å². The van der Waals surface area contributed by atoms with Gasteiger partial charge in [0.05, 0.1) is 18.3 Å². The van der Waals surface area contributed by atoms with E-state index < -0.39 is 0 Å². The fraction of sp³-hybridized carbons (Fsp3) is 0.733. The second-order valence-corrected chi connectivity index (χ2v) is 6.19. The van der Waals surface area contributed by atoms with Crippen LogP contribution in [0, 0.1) is 11.8 Å². The molecule has 1 aliphatic rings. The Morgan fingerprint density at radius 2 is 2.30 bits per heavy atom. The zero-order valence-corrected chi connectivity index (χ0v) is 12.5. The van der Waals surface area contributed by atoms with Gasteiger partial charge in [0.25, 0.3) is 0 Å². The summed E-state index contributed by atoms with van der Waals surface area (Å²) in [5.41, 5.74) is 5.75. The molecule has 3 unspecified atom stereocenters. The third kappa shape index (κ3) is 3.60. The molecule has 0 aromatic carbocycles. The average Bonchev–Trinajstić information content (AvgIpc) is 3.05. The first kappa shape index (κ1) is 15.0. The van der Waals surface area contributed by atoms with Crippen LogP contribution in [0.5, 0.6) is 0 Å². The lowest BCUT2D eigenvalue weighted by Gasteiger charge is -2.25. The Hall–Kier alpha value is -1.36. The van der Waals surface area contributed by atoms with E-state index in [0.29, 0.717) is 18.5 Å². The van der Waals surface area contributed by atoms with Crippen LogP contribution in [0.1, 0.15) is 45.6 Å². The molecule has 2 rings (SSSR count). The van der Waals surface area contributed by atoms with Gasteiger partial charge in [0.1, 0.15) is 0 Å². The molecule has 1 aliphatic carbocycles. The van der Waals surface area contributed by atoms with Gasteiger partial charge in [-0.15, -0.1) is 0 Å². The summed E-state index contributed by atoms with van der Waals surface area (Å²) in [5.74, 6) is 0.527. The van der Waals surface area contributed by atoms with E-state index in [1.54, 1.807) is 6.20 Å². The predicted octanol–water partition coefficient (Wildman–Crippen LogP) is 1.71. The largest absolute Gasteiger partial charge is 0.351 e. The summed E-state index contributed by atoms with van der Waals surface area (Å²) >= 11 is 0. The smallest absolute Gasteiger partial charge is 0.224 e. The molecule has 5 nitrogen and oxygen atoms in total. The summed E-state index contributed by atoms with van der Waals surface area (Å²) in [6.45, 7) is 4.67. The van der Waals surface area contributed by atoms with Gasteiger partial charge in [-0.05, 0) is 31.6 Å². The van der Waals surface area contributed by atoms with Gasteiger partial charge in [0, 0.05) is 25.0 Å². The zero-order chi connectivity index (χ0) is 14.5. The summed E-state index contributed by atoms with van der Waals surface area (Å²) in [5, 5.41) is 3.21. The van der Waals surface area contributed by atoms with Crippen molar-refractivity contribution < 1.29 is 4.79 Å². The number of nitrogens with two attached hydrogens (primary N) is 1. The van der Waals surface area contributed by atoms with Crippen molar-refractivity contribution in [3.8, 4) is 0 Å². The Balaban J connectivity index is 1.96. The summed E-state index contributed by atoms with van der Waals surface area (Å²) < 4.78 is 2.11. The molecule has 112 valence electrons. The molecular weight excluding hydrogens is 252 g/mol. The van der Waals surface area contributed by atoms with Crippen molar-refractivity contribution in [2.75, 3.05) is 6.54 Å². The van der Waals surface area contributed by atoms with Crippen molar-refractivity contribution in [2.45, 2.75) is 51.6 Å². The van der Waals surface area contributed by atoms with Crippen LogP contribution >= 0.6 is 0 Å². The van der Waals surface area contributed by atoms with E-state index in [1.807, 2.05) is 12.5 Å². The molecule has 0 aliphatic heterocycles. The number of nitrogens with one attached hydrogen (secondary N) is 1. The molecule has 5 heteroatoms. The number of nitrogens with zero attached hydrogens (tertiary/aromatic N) is 2. The van der Waals surface area contributed by atoms with Crippen LogP contribution in [0.15, 0.2) is 18.7 Å². The lowest BCUT2D eigenvalue weighted by Crippen LogP contribution is -2.43. The topological polar surface area (TPSA) is 72.9 Å². The highest BCUT2D eigenvalue weighted by atomic mass is 16.2. The molecule has 0 radical (unpaired) electrons. The fourth-order valence-corrected chi connectivity index (χ4v) is 3.11. The maximum Gasteiger partial charge on any atom is 0.224 e. The van der Waals surface area contributed by atoms with Crippen LogP contribution in [-0.4, -0.2) is 28.0 Å². The van der Waals surface area contributed by atoms with E-state index in [-0.39, 0.29) is 17.9 Å². The second-order valence-electron chi connectivity index (χ2n) is 6.19. The fourth-order valence-electron chi connectivity index (χ4n) is 3.11. The predicted molar refractivity (Wildman–Crippen MR) is 79.0 cm³/mol. The van der Waals surface area contributed by atoms with E-state index in [4.69, 9.17) is 5.73 Å². The first-order valence-electron chi connectivity index (χ1n) is 7.59. The number of hydrogen-bond acceptors (Lipinski definition) is 3. The maximum atomic E-state index is 12.4. The molecule has 1 saturated carbocycles. The van der Waals surface area contributed by atoms with Gasteiger partial charge < -0.3 is 15.6 Å². The van der Waals surface area contributed by atoms with Crippen LogP contribution in [-0.2, 0) is 4.79 Å². The van der Waals surface area contributed by atoms with Crippen molar-refractivity contribution in [3.63, 3.8) is 0 Å². The lowest BCUT2D eigenvalue weighted by atomic mass is 9.96. The zero-order valence-electron chi connectivity index (χ0n) is 12.5. The van der Waals surface area contributed by atoms with Gasteiger partial charge in [-0.25, -0.2) is 4.98 Å². The number of carbonyl (C=O) groups excluding carboxylic acids is 1. The van der Waals surface area contributed by atoms with Gasteiger partial charge in [0.15, 0.2) is 0 Å². The van der Waals surface area contributed by atoms with Crippen molar-refractivity contribution in [3.05, 3.63) is 18.7 Å². The molecule has 1 aromatic heterocycles. The first-order valence-corrected chi connectivity index (χ1v) is 7.59. The molecule has 1 aromatic rings. The Labute approximate surface area is 120 Å². The number of imidazole rings is 1. The van der Waals surface area contributed by atoms with E-state index in [2.05, 4.69) is 28.7 Å². The quantitative estimate of drug-likeness (QED) is 0.832. The molecule has 3 atom stereocenters. The molecule has 0 saturated heterocycles. The van der Waals surface area contributed by atoms with Crippen LogP contribution in [0.2, 0.25) is 0 Å². The van der Waals surface area contributed by atoms with E-state index in [1.165, 1.54) is 0 Å². The number of aromatic nitrogens is 2. The average molecular weight is 278 g/mol. The van der Waals surface area contributed by atoms with Gasteiger partial charge in [0.2, 0.25) is 5.91 Å². The number of carbonyl (C=O) groups is 1. The van der Waals surface area contributed by atoms with Crippen molar-refractivity contribution in [2.24, 2.45) is 17.6 Å². The summed E-state index contributed by atoms with van der Waals surface area (Å²) in [6, 6.07) is 0.539. The lowest BCUT2D eigenvalue weighted by molar-refractivity contribution is -0.126. The molecule has 0 bridgehead atoms. The van der Waals surface area contributed by atoms with E-state index in [0.717, 1.165) is 25.7 Å². The Bertz CT molecular complexity index is 416. The Kier molecular flexibility index (Phi) is 5.17. The highest BCUT2D eigenvalue weighted by molar-refractivity contribution is 5.79. The van der Waals surface area contributed by atoms with Crippen molar-refractivity contribution in [1.29, 1.82) is 0 Å². The molecule has 1 heterocycles. The minimum Gasteiger partial charge on any atom is -0.351 e. The first-order chi connectivity index (χ1) is 9.61. The third-order valence-electron chi connectivity index (χ3n) is 4.13. The Morgan fingerprint density at radius 3 is 2.90 bits per heavy atom. The molecule has 1 fully saturated rings. The number of rotatable bonds is 6. The van der Waals surface area contributed by atoms with Gasteiger partial charge >= 0.3 is 0 Å². The minimum atomic E-state index is -0.0703. The summed E-state index contributed by atoms with van der Waals surface area (Å²) in [6.07, 6.45) is 9.73. The monoisotopic (exact) mass is 278 g/mol. The van der Waals surface area contributed by atoms with Crippen molar-refractivity contribution in [1.82, 2.24) is 14.9 Å². The van der Waals surface area contributed by atoms with Crippen LogP contribution < -0.4 is 11.1 Å². The molecule has 3 N–H and O–H groups in total. The highest BCUT2D eigenvalue weighted by Gasteiger charge is 2.31. The normalized spacial score (nSPS) is 24.0. The molecule has 0 spiro atoms. The summed E-state index contributed by atoms with van der Waals surface area (Å²) in [7, 11) is 0. The van der Waals surface area contributed by atoms with Gasteiger partial charge in [-0.2, -0.15) is 0 Å². The highest BCUT2D eigenvalue weighted by Crippen LogP contribution is 2.30. The standard InChI is InChI=1S/C15H26N4O/c1-11(2)8-12(9-16)15(20)18-13-4-3-5-14(13)19-7-6-17-10-19/h6-7,10-14H,3-5,8-9,16H2,1-2H3,(H,18,20). The summed E-state index contributed by atoms with van der Waals surface area (Å²) in [4.78, 5) is 16.5. The van der Waals surface area contributed by atoms with Gasteiger partial charge in [-0.3, -0.25) is 4.79 Å². The number of hydrogen-bond donors (Lipinski definition) is 2. The molecule has 20 heavy (non-hydrogen) atoms. The minimum absolute atomic E-state index is 0.0703. The third-order valence-corrected chi connectivity index (χ3v) is 4.13.